The maximum Gasteiger partial charge on any atom is 0.490 e. The Hall–Kier alpha value is -3.08. The molecule has 0 unspecified atom stereocenters. The molecular formula is C25H19Cl2F3N2O4S. The zero-order valence-corrected chi connectivity index (χ0v) is 21.6. The highest BCUT2D eigenvalue weighted by atomic mass is 35.5. The number of halogens is 5. The van der Waals surface area contributed by atoms with Crippen molar-refractivity contribution in [2.45, 2.75) is 25.6 Å². The highest BCUT2D eigenvalue weighted by molar-refractivity contribution is 7.22. The van der Waals surface area contributed by atoms with Crippen molar-refractivity contribution < 1.29 is 22.7 Å². The molecule has 0 radical (unpaired) electrons. The third-order valence-corrected chi connectivity index (χ3v) is 7.49. The van der Waals surface area contributed by atoms with E-state index in [1.165, 1.54) is 23.0 Å². The van der Waals surface area contributed by atoms with Crippen molar-refractivity contribution in [2.75, 3.05) is 6.61 Å². The van der Waals surface area contributed by atoms with Crippen LogP contribution in [0.25, 0.3) is 20.7 Å². The number of hydrogen-bond donors (Lipinski definition) is 0. The number of ether oxygens (including phenoxy) is 1. The van der Waals surface area contributed by atoms with Crippen molar-refractivity contribution in [3.8, 4) is 10.4 Å². The van der Waals surface area contributed by atoms with Crippen LogP contribution in [0.5, 0.6) is 0 Å². The summed E-state index contributed by atoms with van der Waals surface area (Å²) in [5.41, 5.74) is 1.13. The summed E-state index contributed by atoms with van der Waals surface area (Å²) >= 11 is 13.5. The average molecular weight is 571 g/mol. The van der Waals surface area contributed by atoms with Crippen LogP contribution in [0, 0.1) is 0 Å². The van der Waals surface area contributed by atoms with Crippen molar-refractivity contribution in [2.24, 2.45) is 7.05 Å². The number of carbonyl (C=O) groups is 1. The quantitative estimate of drug-likeness (QED) is 0.207. The summed E-state index contributed by atoms with van der Waals surface area (Å²) < 4.78 is 43.6. The van der Waals surface area contributed by atoms with E-state index in [2.05, 4.69) is 4.74 Å². The SMILES string of the molecule is Cn1c(=O)n(CCCOC(=O)C(F)(F)F)c(=O)c2c(Cc3ccc(Cl)cc3)c(-c3cccc(Cl)c3)sc21. The number of thiophene rings is 1. The molecule has 0 aliphatic heterocycles. The van der Waals surface area contributed by atoms with Crippen LogP contribution >= 0.6 is 34.5 Å². The number of carbonyl (C=O) groups excluding carboxylic acids is 1. The predicted molar refractivity (Wildman–Crippen MR) is 138 cm³/mol. The number of esters is 1. The molecule has 0 spiro atoms. The number of aromatic nitrogens is 2. The maximum atomic E-state index is 13.6. The van der Waals surface area contributed by atoms with Crippen LogP contribution in [0.4, 0.5) is 13.2 Å². The van der Waals surface area contributed by atoms with Crippen molar-refractivity contribution in [3.05, 3.63) is 90.5 Å². The molecular weight excluding hydrogens is 552 g/mol. The fraction of sp³-hybridized carbons (Fsp3) is 0.240. The molecule has 4 aromatic rings. The van der Waals surface area contributed by atoms with Gasteiger partial charge in [0.15, 0.2) is 0 Å². The molecule has 0 saturated heterocycles. The van der Waals surface area contributed by atoms with Crippen molar-refractivity contribution >= 4 is 50.7 Å². The van der Waals surface area contributed by atoms with Crippen LogP contribution < -0.4 is 11.2 Å². The molecule has 0 amide bonds. The fourth-order valence-corrected chi connectivity index (χ4v) is 5.48. The summed E-state index contributed by atoms with van der Waals surface area (Å²) in [5, 5.41) is 1.39. The largest absolute Gasteiger partial charge is 0.490 e. The zero-order valence-electron chi connectivity index (χ0n) is 19.3. The lowest BCUT2D eigenvalue weighted by Crippen LogP contribution is -2.39. The van der Waals surface area contributed by atoms with Crippen molar-refractivity contribution in [1.29, 1.82) is 0 Å². The lowest BCUT2D eigenvalue weighted by atomic mass is 10.00. The zero-order chi connectivity index (χ0) is 26.9. The topological polar surface area (TPSA) is 70.3 Å². The van der Waals surface area contributed by atoms with E-state index in [-0.39, 0.29) is 13.0 Å². The van der Waals surface area contributed by atoms with Gasteiger partial charge in [0.25, 0.3) is 5.56 Å². The van der Waals surface area contributed by atoms with E-state index in [0.29, 0.717) is 32.2 Å². The number of aryl methyl sites for hydroxylation is 1. The summed E-state index contributed by atoms with van der Waals surface area (Å²) in [6.07, 6.45) is -4.91. The number of alkyl halides is 3. The number of benzene rings is 2. The Balaban J connectivity index is 1.80. The Labute approximate surface area is 222 Å². The summed E-state index contributed by atoms with van der Waals surface area (Å²) in [5.74, 6) is -2.32. The summed E-state index contributed by atoms with van der Waals surface area (Å²) in [6.45, 7) is -0.823. The third kappa shape index (κ3) is 5.76. The molecule has 4 rings (SSSR count). The summed E-state index contributed by atoms with van der Waals surface area (Å²) in [6, 6.07) is 14.3. The normalized spacial score (nSPS) is 11.7. The highest BCUT2D eigenvalue weighted by Crippen LogP contribution is 2.38. The number of fused-ring (bicyclic) bond motifs is 1. The minimum absolute atomic E-state index is 0.153. The number of rotatable bonds is 7. The van der Waals surface area contributed by atoms with Crippen LogP contribution in [0.15, 0.2) is 58.1 Å². The second-order valence-corrected chi connectivity index (χ2v) is 10.1. The minimum atomic E-state index is -5.12. The first kappa shape index (κ1) is 27.0. The monoisotopic (exact) mass is 570 g/mol. The van der Waals surface area contributed by atoms with E-state index in [9.17, 15) is 27.6 Å². The molecule has 2 aromatic carbocycles. The van der Waals surface area contributed by atoms with E-state index < -0.39 is 30.0 Å². The van der Waals surface area contributed by atoms with Crippen LogP contribution in [0.3, 0.4) is 0 Å². The van der Waals surface area contributed by atoms with Gasteiger partial charge in [0.1, 0.15) is 4.83 Å². The van der Waals surface area contributed by atoms with Crippen LogP contribution in [0.2, 0.25) is 10.0 Å². The second kappa shape index (κ2) is 10.7. The Morgan fingerprint density at radius 3 is 2.41 bits per heavy atom. The number of hydrogen-bond acceptors (Lipinski definition) is 5. The summed E-state index contributed by atoms with van der Waals surface area (Å²) in [7, 11) is 1.52. The molecule has 2 aromatic heterocycles. The molecule has 37 heavy (non-hydrogen) atoms. The van der Waals surface area contributed by atoms with Gasteiger partial charge in [-0.3, -0.25) is 13.9 Å². The van der Waals surface area contributed by atoms with Gasteiger partial charge in [0.05, 0.1) is 12.0 Å². The summed E-state index contributed by atoms with van der Waals surface area (Å²) in [4.78, 5) is 38.7. The molecule has 12 heteroatoms. The van der Waals surface area contributed by atoms with Crippen molar-refractivity contribution in [1.82, 2.24) is 9.13 Å². The molecule has 2 heterocycles. The second-order valence-electron chi connectivity index (χ2n) is 8.19. The van der Waals surface area contributed by atoms with Crippen LogP contribution in [-0.4, -0.2) is 27.9 Å². The van der Waals surface area contributed by atoms with E-state index in [1.54, 1.807) is 30.3 Å². The predicted octanol–water partition coefficient (Wildman–Crippen LogP) is 5.82. The first-order valence-electron chi connectivity index (χ1n) is 11.0. The molecule has 0 aliphatic rings. The van der Waals surface area contributed by atoms with Gasteiger partial charge in [-0.25, -0.2) is 9.59 Å². The number of nitrogens with zero attached hydrogens (tertiary/aromatic N) is 2. The van der Waals surface area contributed by atoms with Gasteiger partial charge >= 0.3 is 17.8 Å². The van der Waals surface area contributed by atoms with Gasteiger partial charge in [-0.1, -0.05) is 47.5 Å². The molecule has 6 nitrogen and oxygen atoms in total. The first-order valence-corrected chi connectivity index (χ1v) is 12.5. The first-order chi connectivity index (χ1) is 17.5. The van der Waals surface area contributed by atoms with Gasteiger partial charge in [-0.15, -0.1) is 11.3 Å². The van der Waals surface area contributed by atoms with E-state index in [1.807, 2.05) is 18.2 Å². The van der Waals surface area contributed by atoms with Gasteiger partial charge in [0, 0.05) is 28.5 Å². The molecule has 0 N–H and O–H groups in total. The average Bonchev–Trinajstić information content (AvgIpc) is 3.22. The van der Waals surface area contributed by atoms with E-state index in [0.717, 1.165) is 20.6 Å². The lowest BCUT2D eigenvalue weighted by molar-refractivity contribution is -0.199. The third-order valence-electron chi connectivity index (χ3n) is 5.64. The van der Waals surface area contributed by atoms with Gasteiger partial charge in [-0.2, -0.15) is 13.2 Å². The van der Waals surface area contributed by atoms with Gasteiger partial charge in [-0.05, 0) is 53.8 Å². The Kier molecular flexibility index (Phi) is 7.82. The van der Waals surface area contributed by atoms with Crippen LogP contribution in [-0.2, 0) is 29.5 Å². The van der Waals surface area contributed by atoms with Crippen LogP contribution in [0.1, 0.15) is 17.5 Å². The lowest BCUT2D eigenvalue weighted by Gasteiger charge is -2.11. The molecule has 194 valence electrons. The Morgan fingerprint density at radius 1 is 1.05 bits per heavy atom. The molecule has 0 fully saturated rings. The smallest absolute Gasteiger partial charge is 0.459 e. The maximum absolute atomic E-state index is 13.6. The van der Waals surface area contributed by atoms with E-state index >= 15 is 0 Å². The van der Waals surface area contributed by atoms with Gasteiger partial charge < -0.3 is 4.74 Å². The van der Waals surface area contributed by atoms with Crippen molar-refractivity contribution in [3.63, 3.8) is 0 Å². The molecule has 0 saturated carbocycles. The highest BCUT2D eigenvalue weighted by Gasteiger charge is 2.40. The minimum Gasteiger partial charge on any atom is -0.459 e. The van der Waals surface area contributed by atoms with E-state index in [4.69, 9.17) is 23.2 Å². The van der Waals surface area contributed by atoms with Gasteiger partial charge in [0.2, 0.25) is 0 Å². The Bertz CT molecular complexity index is 1590. The fourth-order valence-electron chi connectivity index (χ4n) is 3.90. The molecule has 0 aliphatic carbocycles. The molecule has 0 atom stereocenters. The standard InChI is InChI=1S/C25H19Cl2F3N2O4S/c1-31-22-19(21(33)32(24(31)35)10-3-11-36-23(34)25(28,29)30)18(12-14-6-8-16(26)9-7-14)20(37-22)15-4-2-5-17(27)13-15/h2,4-9,13H,3,10-12H2,1H3. The molecule has 0 bridgehead atoms. The Morgan fingerprint density at radius 2 is 1.76 bits per heavy atom.